The molecule has 0 saturated heterocycles. The van der Waals surface area contributed by atoms with E-state index in [1.165, 1.54) is 0 Å². The Bertz CT molecular complexity index is 676. The molecule has 2 aromatic carbocycles. The average molecular weight is 369 g/mol. The normalized spacial score (nSPS) is 11.7. The fourth-order valence-electron chi connectivity index (χ4n) is 1.81. The van der Waals surface area contributed by atoms with Crippen LogP contribution in [0.25, 0.3) is 0 Å². The lowest BCUT2D eigenvalue weighted by Gasteiger charge is -2.15. The Morgan fingerprint density at radius 2 is 1.81 bits per heavy atom. The van der Waals surface area contributed by atoms with Gasteiger partial charge in [-0.3, -0.25) is 4.79 Å². The number of carboxylic acids is 1. The van der Waals surface area contributed by atoms with Crippen LogP contribution in [0.4, 0.5) is 0 Å². The van der Waals surface area contributed by atoms with Crippen LogP contribution in [0.15, 0.2) is 53.0 Å². The Labute approximate surface area is 134 Å². The standard InChI is InChI=1S/C15H11BrClNO3/c16-10-6-7-12(17)11(8-10)14(19)18-13(15(20)21)9-4-2-1-3-5-9/h1-8,13H,(H,18,19)(H,20,21). The maximum atomic E-state index is 12.2. The predicted molar refractivity (Wildman–Crippen MR) is 83.4 cm³/mol. The molecule has 1 amide bonds. The van der Waals surface area contributed by atoms with Crippen molar-refractivity contribution in [2.75, 3.05) is 0 Å². The van der Waals surface area contributed by atoms with Crippen molar-refractivity contribution in [1.29, 1.82) is 0 Å². The summed E-state index contributed by atoms with van der Waals surface area (Å²) in [4.78, 5) is 23.6. The van der Waals surface area contributed by atoms with E-state index in [1.54, 1.807) is 48.5 Å². The lowest BCUT2D eigenvalue weighted by atomic mass is 10.1. The van der Waals surface area contributed by atoms with Gasteiger partial charge in [0.15, 0.2) is 6.04 Å². The Kier molecular flexibility index (Phi) is 4.98. The molecule has 6 heteroatoms. The summed E-state index contributed by atoms with van der Waals surface area (Å²) in [6, 6.07) is 12.2. The van der Waals surface area contributed by atoms with Gasteiger partial charge in [0.1, 0.15) is 0 Å². The maximum absolute atomic E-state index is 12.2. The highest BCUT2D eigenvalue weighted by Crippen LogP contribution is 2.22. The number of rotatable bonds is 4. The number of carbonyl (C=O) groups is 2. The van der Waals surface area contributed by atoms with Crippen LogP contribution in [0.2, 0.25) is 5.02 Å². The molecule has 0 aromatic heterocycles. The minimum Gasteiger partial charge on any atom is -0.479 e. The van der Waals surface area contributed by atoms with E-state index >= 15 is 0 Å². The lowest BCUT2D eigenvalue weighted by Crippen LogP contribution is -2.33. The van der Waals surface area contributed by atoms with E-state index in [0.717, 1.165) is 0 Å². The van der Waals surface area contributed by atoms with Gasteiger partial charge in [0.25, 0.3) is 5.91 Å². The second-order valence-electron chi connectivity index (χ2n) is 4.28. The number of amides is 1. The van der Waals surface area contributed by atoms with E-state index in [4.69, 9.17) is 11.6 Å². The second-order valence-corrected chi connectivity index (χ2v) is 5.60. The quantitative estimate of drug-likeness (QED) is 0.865. The zero-order valence-corrected chi connectivity index (χ0v) is 13.1. The van der Waals surface area contributed by atoms with Crippen LogP contribution >= 0.6 is 27.5 Å². The van der Waals surface area contributed by atoms with E-state index in [2.05, 4.69) is 21.2 Å². The number of carbonyl (C=O) groups excluding carboxylic acids is 1. The molecule has 21 heavy (non-hydrogen) atoms. The molecule has 0 aliphatic rings. The van der Waals surface area contributed by atoms with Crippen molar-refractivity contribution in [2.24, 2.45) is 0 Å². The topological polar surface area (TPSA) is 66.4 Å². The molecule has 1 unspecified atom stereocenters. The summed E-state index contributed by atoms with van der Waals surface area (Å²) in [5, 5.41) is 12.0. The third kappa shape index (κ3) is 3.83. The molecule has 1 atom stereocenters. The minimum absolute atomic E-state index is 0.216. The number of aliphatic carboxylic acids is 1. The molecule has 0 aliphatic heterocycles. The van der Waals surface area contributed by atoms with Crippen LogP contribution in [0, 0.1) is 0 Å². The number of carboxylic acid groups (broad SMARTS) is 1. The Balaban J connectivity index is 2.27. The first-order valence-corrected chi connectivity index (χ1v) is 7.20. The number of nitrogens with one attached hydrogen (secondary N) is 1. The largest absolute Gasteiger partial charge is 0.479 e. The average Bonchev–Trinajstić information content (AvgIpc) is 2.47. The van der Waals surface area contributed by atoms with Gasteiger partial charge in [0, 0.05) is 4.47 Å². The Morgan fingerprint density at radius 1 is 1.14 bits per heavy atom. The van der Waals surface area contributed by atoms with Crippen molar-refractivity contribution >= 4 is 39.4 Å². The van der Waals surface area contributed by atoms with E-state index in [0.29, 0.717) is 10.0 Å². The SMILES string of the molecule is O=C(NC(C(=O)O)c1ccccc1)c1cc(Br)ccc1Cl. The first-order valence-electron chi connectivity index (χ1n) is 6.02. The molecule has 108 valence electrons. The fourth-order valence-corrected chi connectivity index (χ4v) is 2.38. The smallest absolute Gasteiger partial charge is 0.330 e. The summed E-state index contributed by atoms with van der Waals surface area (Å²) in [5.41, 5.74) is 0.706. The predicted octanol–water partition coefficient (Wildman–Crippen LogP) is 3.66. The minimum atomic E-state index is -1.14. The Hall–Kier alpha value is -1.85. The van der Waals surface area contributed by atoms with Gasteiger partial charge in [0.05, 0.1) is 10.6 Å². The first-order chi connectivity index (χ1) is 9.99. The molecule has 2 aromatic rings. The molecule has 2 N–H and O–H groups in total. The molecule has 0 bridgehead atoms. The van der Waals surface area contributed by atoms with Gasteiger partial charge in [-0.1, -0.05) is 57.9 Å². The summed E-state index contributed by atoms with van der Waals surface area (Å²) in [6.45, 7) is 0. The van der Waals surface area contributed by atoms with Crippen molar-refractivity contribution in [3.05, 3.63) is 69.2 Å². The van der Waals surface area contributed by atoms with Crippen LogP contribution < -0.4 is 5.32 Å². The molecule has 0 spiro atoms. The highest BCUT2D eigenvalue weighted by molar-refractivity contribution is 9.10. The zero-order valence-electron chi connectivity index (χ0n) is 10.7. The van der Waals surface area contributed by atoms with Gasteiger partial charge >= 0.3 is 5.97 Å². The molecule has 0 fully saturated rings. The number of benzene rings is 2. The van der Waals surface area contributed by atoms with E-state index in [1.807, 2.05) is 0 Å². The molecular weight excluding hydrogens is 358 g/mol. The molecule has 0 aliphatic carbocycles. The van der Waals surface area contributed by atoms with Gasteiger partial charge in [0.2, 0.25) is 0 Å². The van der Waals surface area contributed by atoms with Crippen molar-refractivity contribution in [3.8, 4) is 0 Å². The highest BCUT2D eigenvalue weighted by Gasteiger charge is 2.23. The summed E-state index contributed by atoms with van der Waals surface area (Å²) >= 11 is 9.22. The van der Waals surface area contributed by atoms with E-state index in [-0.39, 0.29) is 10.6 Å². The van der Waals surface area contributed by atoms with E-state index < -0.39 is 17.9 Å². The molecule has 0 radical (unpaired) electrons. The molecule has 4 nitrogen and oxygen atoms in total. The van der Waals surface area contributed by atoms with Gasteiger partial charge in [-0.15, -0.1) is 0 Å². The summed E-state index contributed by atoms with van der Waals surface area (Å²) < 4.78 is 0.684. The van der Waals surface area contributed by atoms with Crippen molar-refractivity contribution < 1.29 is 14.7 Å². The van der Waals surface area contributed by atoms with Crippen molar-refractivity contribution in [3.63, 3.8) is 0 Å². The van der Waals surface area contributed by atoms with Gasteiger partial charge in [-0.25, -0.2) is 4.79 Å². The van der Waals surface area contributed by atoms with Crippen LogP contribution in [0.1, 0.15) is 22.0 Å². The third-order valence-corrected chi connectivity index (χ3v) is 3.65. The monoisotopic (exact) mass is 367 g/mol. The van der Waals surface area contributed by atoms with Crippen LogP contribution in [-0.2, 0) is 4.79 Å². The van der Waals surface area contributed by atoms with Gasteiger partial charge < -0.3 is 10.4 Å². The molecular formula is C15H11BrClNO3. The molecule has 2 rings (SSSR count). The van der Waals surface area contributed by atoms with E-state index in [9.17, 15) is 14.7 Å². The third-order valence-electron chi connectivity index (χ3n) is 2.83. The summed E-state index contributed by atoms with van der Waals surface area (Å²) in [5.74, 6) is -1.68. The lowest BCUT2D eigenvalue weighted by molar-refractivity contribution is -0.139. The van der Waals surface area contributed by atoms with Gasteiger partial charge in [-0.2, -0.15) is 0 Å². The maximum Gasteiger partial charge on any atom is 0.330 e. The van der Waals surface area contributed by atoms with Crippen molar-refractivity contribution in [1.82, 2.24) is 5.32 Å². The number of hydrogen-bond donors (Lipinski definition) is 2. The van der Waals surface area contributed by atoms with Crippen molar-refractivity contribution in [2.45, 2.75) is 6.04 Å². The van der Waals surface area contributed by atoms with Crippen LogP contribution in [-0.4, -0.2) is 17.0 Å². The zero-order chi connectivity index (χ0) is 15.4. The van der Waals surface area contributed by atoms with Crippen LogP contribution in [0.5, 0.6) is 0 Å². The van der Waals surface area contributed by atoms with Crippen LogP contribution in [0.3, 0.4) is 0 Å². The second kappa shape index (κ2) is 6.74. The number of halogens is 2. The molecule has 0 heterocycles. The Morgan fingerprint density at radius 3 is 2.43 bits per heavy atom. The fraction of sp³-hybridized carbons (Fsp3) is 0.0667. The van der Waals surface area contributed by atoms with Gasteiger partial charge in [-0.05, 0) is 23.8 Å². The highest BCUT2D eigenvalue weighted by atomic mass is 79.9. The number of hydrogen-bond acceptors (Lipinski definition) is 2. The summed E-state index contributed by atoms with van der Waals surface area (Å²) in [7, 11) is 0. The summed E-state index contributed by atoms with van der Waals surface area (Å²) in [6.07, 6.45) is 0. The first kappa shape index (κ1) is 15.5. The molecule has 0 saturated carbocycles.